The van der Waals surface area contributed by atoms with E-state index in [9.17, 15) is 9.59 Å². The van der Waals surface area contributed by atoms with Crippen molar-refractivity contribution in [2.45, 2.75) is 41.2 Å². The van der Waals surface area contributed by atoms with Crippen LogP contribution in [0.3, 0.4) is 0 Å². The summed E-state index contributed by atoms with van der Waals surface area (Å²) in [5, 5.41) is 9.50. The highest BCUT2D eigenvalue weighted by Crippen LogP contribution is 2.16. The maximum atomic E-state index is 12.8. The molecule has 1 heterocycles. The van der Waals surface area contributed by atoms with E-state index < -0.39 is 5.91 Å². The molecule has 3 aromatic rings. The fraction of sp³-hybridized carbons (Fsp3) is 0.273. The van der Waals surface area contributed by atoms with Gasteiger partial charge in [-0.3, -0.25) is 9.59 Å². The predicted molar refractivity (Wildman–Crippen MR) is 112 cm³/mol. The maximum Gasteiger partial charge on any atom is 0.292 e. The third-order valence-corrected chi connectivity index (χ3v) is 4.94. The number of aromatic nitrogens is 2. The van der Waals surface area contributed by atoms with Crippen molar-refractivity contribution in [3.8, 4) is 0 Å². The van der Waals surface area contributed by atoms with E-state index in [4.69, 9.17) is 0 Å². The summed E-state index contributed by atoms with van der Waals surface area (Å²) in [6, 6.07) is 11.2. The summed E-state index contributed by atoms with van der Waals surface area (Å²) in [6.45, 7) is 10.2. The molecule has 0 bridgehead atoms. The number of hydrogen-bond acceptors (Lipinski definition) is 4. The van der Waals surface area contributed by atoms with Crippen molar-refractivity contribution in [1.82, 2.24) is 15.2 Å². The van der Waals surface area contributed by atoms with Gasteiger partial charge in [-0.15, -0.1) is 0 Å². The minimum atomic E-state index is -0.445. The highest BCUT2D eigenvalue weighted by molar-refractivity contribution is 6.06. The maximum absolute atomic E-state index is 12.8. The molecular formula is C22H24N4O2. The number of fused-ring (bicyclic) bond motifs is 1. The smallest absolute Gasteiger partial charge is 0.267 e. The molecule has 0 saturated carbocycles. The summed E-state index contributed by atoms with van der Waals surface area (Å²) < 4.78 is 1.29. The van der Waals surface area contributed by atoms with Crippen LogP contribution < -0.4 is 11.0 Å². The molecule has 1 aromatic heterocycles. The summed E-state index contributed by atoms with van der Waals surface area (Å²) >= 11 is 0. The number of hydrogen-bond donors (Lipinski definition) is 1. The molecular weight excluding hydrogens is 352 g/mol. The second-order valence-corrected chi connectivity index (χ2v) is 6.90. The van der Waals surface area contributed by atoms with Crippen molar-refractivity contribution in [3.05, 3.63) is 74.7 Å². The normalized spacial score (nSPS) is 11.7. The van der Waals surface area contributed by atoms with Gasteiger partial charge >= 0.3 is 0 Å². The van der Waals surface area contributed by atoms with Crippen molar-refractivity contribution in [1.29, 1.82) is 0 Å². The largest absolute Gasteiger partial charge is 0.292 e. The number of aryl methyl sites for hydroxylation is 4. The number of carbonyl (C=O) groups excluding carboxylic acids is 1. The van der Waals surface area contributed by atoms with E-state index in [1.54, 1.807) is 24.3 Å². The Bertz CT molecular complexity index is 1160. The lowest BCUT2D eigenvalue weighted by Gasteiger charge is -2.11. The molecule has 1 N–H and O–H groups in total. The van der Waals surface area contributed by atoms with Crippen LogP contribution in [0.15, 0.2) is 46.3 Å². The highest BCUT2D eigenvalue weighted by atomic mass is 16.2. The van der Waals surface area contributed by atoms with Gasteiger partial charge in [-0.1, -0.05) is 24.3 Å². The van der Waals surface area contributed by atoms with Gasteiger partial charge in [0, 0.05) is 17.5 Å². The molecule has 0 fully saturated rings. The van der Waals surface area contributed by atoms with Crippen LogP contribution in [0.4, 0.5) is 0 Å². The number of nitrogens with zero attached hydrogens (tertiary/aromatic N) is 3. The average molecular weight is 376 g/mol. The van der Waals surface area contributed by atoms with Gasteiger partial charge in [0.1, 0.15) is 0 Å². The van der Waals surface area contributed by atoms with Crippen LogP contribution in [0.2, 0.25) is 0 Å². The van der Waals surface area contributed by atoms with E-state index in [1.807, 2.05) is 27.7 Å². The number of nitrogens with one attached hydrogen (secondary N) is 1. The molecule has 0 radical (unpaired) electrons. The number of benzene rings is 2. The van der Waals surface area contributed by atoms with E-state index in [0.29, 0.717) is 23.0 Å². The summed E-state index contributed by atoms with van der Waals surface area (Å²) in [4.78, 5) is 25.2. The number of rotatable bonds is 4. The molecule has 0 unspecified atom stereocenters. The molecule has 28 heavy (non-hydrogen) atoms. The van der Waals surface area contributed by atoms with Gasteiger partial charge in [0.15, 0.2) is 5.69 Å². The Morgan fingerprint density at radius 1 is 1.07 bits per heavy atom. The first-order chi connectivity index (χ1) is 13.3. The first-order valence-electron chi connectivity index (χ1n) is 9.26. The Morgan fingerprint density at radius 3 is 2.39 bits per heavy atom. The van der Waals surface area contributed by atoms with E-state index in [-0.39, 0.29) is 11.3 Å². The third-order valence-electron chi connectivity index (χ3n) is 4.94. The van der Waals surface area contributed by atoms with Gasteiger partial charge < -0.3 is 0 Å². The van der Waals surface area contributed by atoms with Crippen LogP contribution in [-0.2, 0) is 6.54 Å². The first kappa shape index (κ1) is 19.5. The van der Waals surface area contributed by atoms with E-state index in [0.717, 1.165) is 11.1 Å². The molecule has 6 nitrogen and oxygen atoms in total. The van der Waals surface area contributed by atoms with E-state index >= 15 is 0 Å². The zero-order valence-corrected chi connectivity index (χ0v) is 16.8. The van der Waals surface area contributed by atoms with Gasteiger partial charge in [0.05, 0.1) is 11.1 Å². The number of hydrazone groups is 1. The predicted octanol–water partition coefficient (Wildman–Crippen LogP) is 3.50. The molecule has 0 aliphatic carbocycles. The number of amides is 1. The SMILES string of the molecule is CCn1nc(C(=O)N/N=C(/C)c2cc(C)c(C)cc2C)c2ccccc2c1=O. The van der Waals surface area contributed by atoms with Crippen molar-refractivity contribution in [2.75, 3.05) is 0 Å². The molecule has 0 spiro atoms. The Kier molecular flexibility index (Phi) is 5.40. The minimum absolute atomic E-state index is 0.186. The summed E-state index contributed by atoms with van der Waals surface area (Å²) in [5.41, 5.74) is 7.75. The van der Waals surface area contributed by atoms with Crippen LogP contribution in [0.25, 0.3) is 10.8 Å². The Balaban J connectivity index is 1.98. The quantitative estimate of drug-likeness (QED) is 0.559. The zero-order chi connectivity index (χ0) is 20.4. The molecule has 144 valence electrons. The van der Waals surface area contributed by atoms with Crippen LogP contribution in [-0.4, -0.2) is 21.4 Å². The highest BCUT2D eigenvalue weighted by Gasteiger charge is 2.16. The zero-order valence-electron chi connectivity index (χ0n) is 16.8. The average Bonchev–Trinajstić information content (AvgIpc) is 2.69. The lowest BCUT2D eigenvalue weighted by molar-refractivity contribution is 0.0949. The Labute approximate surface area is 163 Å². The van der Waals surface area contributed by atoms with Crippen molar-refractivity contribution in [3.63, 3.8) is 0 Å². The summed E-state index contributed by atoms with van der Waals surface area (Å²) in [6.07, 6.45) is 0. The van der Waals surface area contributed by atoms with Gasteiger partial charge in [-0.05, 0) is 63.4 Å². The molecule has 0 saturated heterocycles. The number of carbonyl (C=O) groups is 1. The van der Waals surface area contributed by atoms with Crippen LogP contribution in [0, 0.1) is 20.8 Å². The fourth-order valence-corrected chi connectivity index (χ4v) is 3.22. The van der Waals surface area contributed by atoms with E-state index in [2.05, 4.69) is 34.7 Å². The second kappa shape index (κ2) is 7.76. The van der Waals surface area contributed by atoms with Gasteiger partial charge in [-0.25, -0.2) is 10.1 Å². The van der Waals surface area contributed by atoms with Crippen molar-refractivity contribution < 1.29 is 4.79 Å². The summed E-state index contributed by atoms with van der Waals surface area (Å²) in [7, 11) is 0. The Hall–Kier alpha value is -3.28. The molecule has 3 rings (SSSR count). The molecule has 0 aliphatic rings. The molecule has 6 heteroatoms. The minimum Gasteiger partial charge on any atom is -0.267 e. The molecule has 0 atom stereocenters. The molecule has 1 amide bonds. The second-order valence-electron chi connectivity index (χ2n) is 6.90. The standard InChI is InChI=1S/C22H24N4O2/c1-6-26-22(28)18-10-8-7-9-17(18)20(25-26)21(27)24-23-16(5)19-12-14(3)13(2)11-15(19)4/h7-12H,6H2,1-5H3,(H,24,27)/b23-16-. The third kappa shape index (κ3) is 3.58. The van der Waals surface area contributed by atoms with Gasteiger partial charge in [0.25, 0.3) is 11.5 Å². The Morgan fingerprint density at radius 2 is 1.71 bits per heavy atom. The summed E-state index contributed by atoms with van der Waals surface area (Å²) in [5.74, 6) is -0.445. The monoisotopic (exact) mass is 376 g/mol. The van der Waals surface area contributed by atoms with Crippen LogP contribution in [0.1, 0.15) is 46.6 Å². The topological polar surface area (TPSA) is 76.3 Å². The lowest BCUT2D eigenvalue weighted by atomic mass is 9.98. The van der Waals surface area contributed by atoms with Crippen molar-refractivity contribution >= 4 is 22.4 Å². The first-order valence-corrected chi connectivity index (χ1v) is 9.26. The fourth-order valence-electron chi connectivity index (χ4n) is 3.22. The van der Waals surface area contributed by atoms with Crippen LogP contribution in [0.5, 0.6) is 0 Å². The van der Waals surface area contributed by atoms with Gasteiger partial charge in [0.2, 0.25) is 0 Å². The van der Waals surface area contributed by atoms with Crippen molar-refractivity contribution in [2.24, 2.45) is 5.10 Å². The molecule has 0 aliphatic heterocycles. The van der Waals surface area contributed by atoms with E-state index in [1.165, 1.54) is 15.8 Å². The van der Waals surface area contributed by atoms with Crippen LogP contribution >= 0.6 is 0 Å². The molecule has 2 aromatic carbocycles. The van der Waals surface area contributed by atoms with Gasteiger partial charge in [-0.2, -0.15) is 10.2 Å². The lowest BCUT2D eigenvalue weighted by Crippen LogP contribution is -2.29.